The van der Waals surface area contributed by atoms with Gasteiger partial charge in [0.15, 0.2) is 5.65 Å². The molecule has 3 heterocycles. The van der Waals surface area contributed by atoms with Crippen LogP contribution in [0.3, 0.4) is 0 Å². The molecule has 0 amide bonds. The Morgan fingerprint density at radius 2 is 2.00 bits per heavy atom. The fourth-order valence-electron chi connectivity index (χ4n) is 3.29. The molecule has 0 unspecified atom stereocenters. The van der Waals surface area contributed by atoms with E-state index in [2.05, 4.69) is 14.8 Å². The molecule has 0 radical (unpaired) electrons. The summed E-state index contributed by atoms with van der Waals surface area (Å²) in [5.41, 5.74) is 4.96. The molecule has 26 heavy (non-hydrogen) atoms. The summed E-state index contributed by atoms with van der Waals surface area (Å²) in [5.74, 6) is 0.802. The van der Waals surface area contributed by atoms with Crippen molar-refractivity contribution in [3.63, 3.8) is 0 Å². The topological polar surface area (TPSA) is 82.8 Å². The van der Waals surface area contributed by atoms with Gasteiger partial charge in [0.1, 0.15) is 5.82 Å². The number of nitrogens with one attached hydrogen (secondary N) is 2. The molecular weight excluding hydrogens is 348 g/mol. The third-order valence-electron chi connectivity index (χ3n) is 4.44. The van der Waals surface area contributed by atoms with Crippen molar-refractivity contribution in [2.75, 3.05) is 0 Å². The van der Waals surface area contributed by atoms with Crippen LogP contribution in [0.2, 0.25) is 5.02 Å². The van der Waals surface area contributed by atoms with Crippen LogP contribution in [0, 0.1) is 17.7 Å². The number of pyridine rings is 1. The minimum absolute atomic E-state index is 0.288. The number of hydrogen-bond donors (Lipinski definition) is 2. The molecule has 4 aromatic rings. The number of hydrogen-bond acceptors (Lipinski definition) is 4. The van der Waals surface area contributed by atoms with Crippen LogP contribution in [-0.2, 0) is 6.54 Å². The SMILES string of the molecule is Cc1nnc2ccc3c(cc(C(=N)CC=N)n3Cc3cccc(Cl)c3)n12. The maximum absolute atomic E-state index is 8.40. The zero-order chi connectivity index (χ0) is 18.3. The van der Waals surface area contributed by atoms with E-state index in [1.165, 1.54) is 6.21 Å². The number of aromatic nitrogens is 4. The number of rotatable bonds is 5. The number of halogens is 1. The number of nitrogens with zero attached hydrogens (tertiary/aromatic N) is 4. The second kappa shape index (κ2) is 6.38. The Morgan fingerprint density at radius 1 is 1.15 bits per heavy atom. The van der Waals surface area contributed by atoms with Gasteiger partial charge in [-0.15, -0.1) is 10.2 Å². The van der Waals surface area contributed by atoms with Crippen molar-refractivity contribution in [2.24, 2.45) is 0 Å². The van der Waals surface area contributed by atoms with Crippen molar-refractivity contribution in [1.82, 2.24) is 19.2 Å². The zero-order valence-electron chi connectivity index (χ0n) is 14.2. The Bertz CT molecular complexity index is 1150. The molecule has 3 aromatic heterocycles. The van der Waals surface area contributed by atoms with Gasteiger partial charge < -0.3 is 15.4 Å². The Morgan fingerprint density at radius 3 is 2.77 bits per heavy atom. The monoisotopic (exact) mass is 364 g/mol. The third-order valence-corrected chi connectivity index (χ3v) is 4.68. The van der Waals surface area contributed by atoms with Crippen LogP contribution in [0.25, 0.3) is 16.7 Å². The molecule has 2 N–H and O–H groups in total. The van der Waals surface area contributed by atoms with Crippen molar-refractivity contribution in [3.05, 3.63) is 64.6 Å². The number of aryl methyl sites for hydroxylation is 1. The van der Waals surface area contributed by atoms with Gasteiger partial charge in [0.05, 0.1) is 22.4 Å². The summed E-state index contributed by atoms with van der Waals surface area (Å²) in [7, 11) is 0. The molecule has 130 valence electrons. The molecule has 0 aliphatic carbocycles. The Kier molecular flexibility index (Phi) is 4.05. The van der Waals surface area contributed by atoms with Gasteiger partial charge in [-0.1, -0.05) is 23.7 Å². The van der Waals surface area contributed by atoms with E-state index < -0.39 is 0 Å². The summed E-state index contributed by atoms with van der Waals surface area (Å²) in [6.07, 6.45) is 1.54. The van der Waals surface area contributed by atoms with E-state index in [1.807, 2.05) is 53.8 Å². The van der Waals surface area contributed by atoms with Crippen LogP contribution in [-0.4, -0.2) is 31.1 Å². The summed E-state index contributed by atoms with van der Waals surface area (Å²) in [5, 5.41) is 24.8. The molecule has 0 fully saturated rings. The minimum Gasteiger partial charge on any atom is -0.334 e. The lowest BCUT2D eigenvalue weighted by Gasteiger charge is -2.11. The van der Waals surface area contributed by atoms with Gasteiger partial charge in [-0.25, -0.2) is 0 Å². The van der Waals surface area contributed by atoms with Crippen molar-refractivity contribution >= 4 is 40.2 Å². The van der Waals surface area contributed by atoms with Gasteiger partial charge in [0, 0.05) is 24.2 Å². The first kappa shape index (κ1) is 16.5. The maximum Gasteiger partial charge on any atom is 0.161 e. The fourth-order valence-corrected chi connectivity index (χ4v) is 3.50. The van der Waals surface area contributed by atoms with E-state index in [0.717, 1.165) is 33.8 Å². The van der Waals surface area contributed by atoms with E-state index in [1.54, 1.807) is 0 Å². The van der Waals surface area contributed by atoms with Gasteiger partial charge in [0.2, 0.25) is 0 Å². The molecule has 0 atom stereocenters. The van der Waals surface area contributed by atoms with Gasteiger partial charge >= 0.3 is 0 Å². The van der Waals surface area contributed by atoms with Crippen LogP contribution in [0.15, 0.2) is 42.5 Å². The first-order valence-electron chi connectivity index (χ1n) is 8.23. The highest BCUT2D eigenvalue weighted by atomic mass is 35.5. The normalized spacial score (nSPS) is 11.3. The van der Waals surface area contributed by atoms with Crippen molar-refractivity contribution < 1.29 is 0 Å². The summed E-state index contributed by atoms with van der Waals surface area (Å²) in [6.45, 7) is 2.50. The predicted molar refractivity (Wildman–Crippen MR) is 104 cm³/mol. The molecular formula is C19H17ClN6. The summed E-state index contributed by atoms with van der Waals surface area (Å²) in [6, 6.07) is 13.6. The van der Waals surface area contributed by atoms with Crippen LogP contribution >= 0.6 is 11.6 Å². The second-order valence-corrected chi connectivity index (χ2v) is 6.61. The van der Waals surface area contributed by atoms with Crippen LogP contribution in [0.4, 0.5) is 0 Å². The molecule has 0 aliphatic rings. The lowest BCUT2D eigenvalue weighted by molar-refractivity contribution is 0.825. The standard InChI is InChI=1S/C19H17ClN6/c1-12-23-24-19-6-5-16-18(26(12)19)10-17(15(22)7-8-21)25(16)11-13-3-2-4-14(20)9-13/h2-6,8-10,21-22H,7,11H2,1H3. The molecule has 0 bridgehead atoms. The van der Waals surface area contributed by atoms with Crippen LogP contribution < -0.4 is 0 Å². The zero-order valence-corrected chi connectivity index (χ0v) is 15.0. The smallest absolute Gasteiger partial charge is 0.161 e. The Hall–Kier alpha value is -2.99. The van der Waals surface area contributed by atoms with Crippen molar-refractivity contribution in [2.45, 2.75) is 19.9 Å². The molecule has 0 saturated carbocycles. The third kappa shape index (κ3) is 2.68. The number of benzene rings is 1. The molecule has 1 aromatic carbocycles. The molecule has 0 aliphatic heterocycles. The lowest BCUT2D eigenvalue weighted by Crippen LogP contribution is -2.10. The summed E-state index contributed by atoms with van der Waals surface area (Å²) < 4.78 is 4.08. The summed E-state index contributed by atoms with van der Waals surface area (Å²) in [4.78, 5) is 0. The molecule has 7 heteroatoms. The molecule has 4 rings (SSSR count). The van der Waals surface area contributed by atoms with Crippen molar-refractivity contribution in [3.8, 4) is 0 Å². The van der Waals surface area contributed by atoms with E-state index in [9.17, 15) is 0 Å². The van der Waals surface area contributed by atoms with E-state index in [-0.39, 0.29) is 6.42 Å². The minimum atomic E-state index is 0.288. The maximum atomic E-state index is 8.40. The highest BCUT2D eigenvalue weighted by Gasteiger charge is 2.16. The lowest BCUT2D eigenvalue weighted by atomic mass is 10.2. The number of fused-ring (bicyclic) bond motifs is 3. The first-order chi connectivity index (χ1) is 12.6. The molecule has 0 saturated heterocycles. The van der Waals surface area contributed by atoms with Gasteiger partial charge in [-0.05, 0) is 42.8 Å². The van der Waals surface area contributed by atoms with Gasteiger partial charge in [0.25, 0.3) is 0 Å². The largest absolute Gasteiger partial charge is 0.334 e. The average molecular weight is 365 g/mol. The van der Waals surface area contributed by atoms with E-state index in [0.29, 0.717) is 17.3 Å². The first-order valence-corrected chi connectivity index (χ1v) is 8.61. The quantitative estimate of drug-likeness (QED) is 0.522. The van der Waals surface area contributed by atoms with E-state index >= 15 is 0 Å². The van der Waals surface area contributed by atoms with Crippen LogP contribution in [0.1, 0.15) is 23.5 Å². The summed E-state index contributed by atoms with van der Waals surface area (Å²) >= 11 is 6.14. The molecule has 6 nitrogen and oxygen atoms in total. The highest BCUT2D eigenvalue weighted by molar-refractivity contribution is 6.30. The van der Waals surface area contributed by atoms with E-state index in [4.69, 9.17) is 22.4 Å². The molecule has 0 spiro atoms. The average Bonchev–Trinajstić information content (AvgIpc) is 3.16. The van der Waals surface area contributed by atoms with Gasteiger partial charge in [-0.2, -0.15) is 0 Å². The van der Waals surface area contributed by atoms with Crippen molar-refractivity contribution in [1.29, 1.82) is 10.8 Å². The predicted octanol–water partition coefficient (Wildman–Crippen LogP) is 4.10. The Balaban J connectivity index is 1.97. The second-order valence-electron chi connectivity index (χ2n) is 6.18. The highest BCUT2D eigenvalue weighted by Crippen LogP contribution is 2.25. The fraction of sp³-hybridized carbons (Fsp3) is 0.158. The Labute approximate surface area is 155 Å². The van der Waals surface area contributed by atoms with Crippen LogP contribution in [0.5, 0.6) is 0 Å². The van der Waals surface area contributed by atoms with Gasteiger partial charge in [-0.3, -0.25) is 4.40 Å².